The van der Waals surface area contributed by atoms with E-state index in [-0.39, 0.29) is 23.6 Å². The molecule has 0 heterocycles. The molecule has 0 aliphatic heterocycles. The Hall–Kier alpha value is -1.61. The van der Waals surface area contributed by atoms with Gasteiger partial charge in [0.05, 0.1) is 11.7 Å². The minimum Gasteiger partial charge on any atom is -0.458 e. The first-order valence-corrected chi connectivity index (χ1v) is 15.3. The number of benzene rings is 1. The number of hydrogen-bond donors (Lipinski definition) is 1. The van der Waals surface area contributed by atoms with Crippen LogP contribution in [0.3, 0.4) is 0 Å². The van der Waals surface area contributed by atoms with Crippen molar-refractivity contribution < 1.29 is 14.6 Å². The van der Waals surface area contributed by atoms with E-state index in [9.17, 15) is 9.90 Å². The van der Waals surface area contributed by atoms with E-state index in [1.54, 1.807) is 0 Å². The van der Waals surface area contributed by atoms with Gasteiger partial charge < -0.3 is 9.84 Å². The summed E-state index contributed by atoms with van der Waals surface area (Å²) in [4.78, 5) is 12.7. The van der Waals surface area contributed by atoms with E-state index in [1.807, 2.05) is 30.3 Å². The van der Waals surface area contributed by atoms with Gasteiger partial charge in [-0.05, 0) is 97.0 Å². The number of rotatable bonds is 7. The van der Waals surface area contributed by atoms with Gasteiger partial charge in [-0.2, -0.15) is 0 Å². The summed E-state index contributed by atoms with van der Waals surface area (Å²) >= 11 is 0. The predicted molar refractivity (Wildman–Crippen MR) is 150 cm³/mol. The molecule has 37 heavy (non-hydrogen) atoms. The lowest BCUT2D eigenvalue weighted by Crippen LogP contribution is -2.55. The average molecular weight is 507 g/mol. The first-order valence-electron chi connectivity index (χ1n) is 15.3. The van der Waals surface area contributed by atoms with Crippen molar-refractivity contribution in [3.8, 4) is 0 Å². The van der Waals surface area contributed by atoms with Crippen LogP contribution in [0, 0.1) is 46.3 Å². The van der Waals surface area contributed by atoms with Gasteiger partial charge in [-0.1, -0.05) is 83.7 Å². The molecule has 1 aromatic carbocycles. The molecule has 5 rings (SSSR count). The normalized spacial score (nSPS) is 39.8. The summed E-state index contributed by atoms with van der Waals surface area (Å²) in [7, 11) is 0. The van der Waals surface area contributed by atoms with Crippen molar-refractivity contribution in [1.82, 2.24) is 0 Å². The second-order valence-electron chi connectivity index (χ2n) is 14.1. The largest absolute Gasteiger partial charge is 0.458 e. The summed E-state index contributed by atoms with van der Waals surface area (Å²) < 4.78 is 5.95. The summed E-state index contributed by atoms with van der Waals surface area (Å²) in [6.07, 6.45) is 13.7. The molecule has 0 radical (unpaired) electrons. The highest BCUT2D eigenvalue weighted by atomic mass is 16.5. The fraction of sp³-hybridized carbons (Fsp3) is 0.735. The van der Waals surface area contributed by atoms with Crippen LogP contribution in [0.4, 0.5) is 0 Å². The third kappa shape index (κ3) is 4.95. The summed E-state index contributed by atoms with van der Waals surface area (Å²) in [5.41, 5.74) is 2.46. The lowest BCUT2D eigenvalue weighted by molar-refractivity contribution is -0.0978. The topological polar surface area (TPSA) is 46.5 Å². The third-order valence-corrected chi connectivity index (χ3v) is 11.6. The highest BCUT2D eigenvalue weighted by molar-refractivity contribution is 5.89. The Kier molecular flexibility index (Phi) is 7.66. The number of hydrogen-bond acceptors (Lipinski definition) is 3. The number of ether oxygens (including phenoxy) is 1. The van der Waals surface area contributed by atoms with Gasteiger partial charge in [-0.3, -0.25) is 0 Å². The summed E-state index contributed by atoms with van der Waals surface area (Å²) in [5, 5.41) is 11.6. The van der Waals surface area contributed by atoms with Crippen LogP contribution < -0.4 is 0 Å². The standard InChI is InChI=1S/C34H50O3/c1-22(2)10-9-11-23(3)27-14-15-28-31-29(17-19-34(27,28)5)33(4)18-16-26(20-25(33)21-30(31)35)37-32(36)24-12-7-6-8-13-24/h6-8,12-13,21-23,26-31,35H,9-11,14-20H2,1-5H3/t23-,26?,27-,28+,29+,30-,31+,33+,34-/m1/s1. The highest BCUT2D eigenvalue weighted by Crippen LogP contribution is 2.67. The Morgan fingerprint density at radius 3 is 2.49 bits per heavy atom. The molecule has 3 fully saturated rings. The van der Waals surface area contributed by atoms with Crippen LogP contribution in [-0.4, -0.2) is 23.3 Å². The van der Waals surface area contributed by atoms with Crippen LogP contribution in [0.25, 0.3) is 0 Å². The summed E-state index contributed by atoms with van der Waals surface area (Å²) in [5.74, 6) is 3.70. The molecule has 3 heteroatoms. The van der Waals surface area contributed by atoms with E-state index in [1.165, 1.54) is 50.5 Å². The lowest BCUT2D eigenvalue weighted by Gasteiger charge is -2.59. The van der Waals surface area contributed by atoms with Gasteiger partial charge in [0.25, 0.3) is 0 Å². The van der Waals surface area contributed by atoms with Gasteiger partial charge in [0, 0.05) is 6.42 Å². The van der Waals surface area contributed by atoms with E-state index >= 15 is 0 Å². The fourth-order valence-corrected chi connectivity index (χ4v) is 9.53. The van der Waals surface area contributed by atoms with Crippen molar-refractivity contribution in [1.29, 1.82) is 0 Å². The molecule has 1 N–H and O–H groups in total. The zero-order valence-electron chi connectivity index (χ0n) is 23.9. The molecule has 4 aliphatic rings. The SMILES string of the molecule is CC(C)CCC[C@@H](C)[C@H]1CC[C@H]2[C@@H]3[C@H](O)C=C4CC(OC(=O)c5ccccc5)CC[C@]4(C)[C@H]3CC[C@]12C. The molecule has 204 valence electrons. The van der Waals surface area contributed by atoms with Crippen molar-refractivity contribution in [3.05, 3.63) is 47.5 Å². The Morgan fingerprint density at radius 2 is 1.76 bits per heavy atom. The van der Waals surface area contributed by atoms with Crippen molar-refractivity contribution in [2.75, 3.05) is 0 Å². The lowest BCUT2D eigenvalue weighted by atomic mass is 9.46. The molecule has 1 unspecified atom stereocenters. The number of carbonyl (C=O) groups is 1. The molecule has 9 atom stereocenters. The molecular weight excluding hydrogens is 456 g/mol. The van der Waals surface area contributed by atoms with Gasteiger partial charge in [0.1, 0.15) is 6.10 Å². The minimum absolute atomic E-state index is 0.0906. The Bertz CT molecular complexity index is 982. The van der Waals surface area contributed by atoms with Crippen LogP contribution in [0.1, 0.15) is 109 Å². The van der Waals surface area contributed by atoms with Crippen molar-refractivity contribution in [3.63, 3.8) is 0 Å². The summed E-state index contributed by atoms with van der Waals surface area (Å²) in [6, 6.07) is 9.32. The van der Waals surface area contributed by atoms with Crippen LogP contribution in [0.2, 0.25) is 0 Å². The van der Waals surface area contributed by atoms with Crippen LogP contribution in [0.5, 0.6) is 0 Å². The van der Waals surface area contributed by atoms with Gasteiger partial charge in [-0.15, -0.1) is 0 Å². The maximum absolute atomic E-state index is 12.7. The molecule has 0 saturated heterocycles. The first-order chi connectivity index (χ1) is 17.6. The number of aliphatic hydroxyl groups excluding tert-OH is 1. The molecule has 4 aliphatic carbocycles. The molecule has 0 bridgehead atoms. The molecular formula is C34H50O3. The van der Waals surface area contributed by atoms with Crippen LogP contribution in [0.15, 0.2) is 42.0 Å². The number of aliphatic hydroxyl groups is 1. The van der Waals surface area contributed by atoms with Gasteiger partial charge in [0.2, 0.25) is 0 Å². The molecule has 0 amide bonds. The van der Waals surface area contributed by atoms with E-state index in [4.69, 9.17) is 4.74 Å². The number of esters is 1. The first kappa shape index (κ1) is 27.0. The second kappa shape index (κ2) is 10.5. The van der Waals surface area contributed by atoms with E-state index in [0.29, 0.717) is 28.7 Å². The quantitative estimate of drug-likeness (QED) is 0.299. The Balaban J connectivity index is 1.29. The minimum atomic E-state index is -0.365. The molecule has 3 nitrogen and oxygen atoms in total. The fourth-order valence-electron chi connectivity index (χ4n) is 9.53. The maximum atomic E-state index is 12.7. The smallest absolute Gasteiger partial charge is 0.338 e. The van der Waals surface area contributed by atoms with Crippen molar-refractivity contribution in [2.24, 2.45) is 46.3 Å². The van der Waals surface area contributed by atoms with E-state index in [2.05, 4.69) is 40.7 Å². The Labute approximate surface area is 225 Å². The molecule has 3 saturated carbocycles. The van der Waals surface area contributed by atoms with Crippen molar-refractivity contribution >= 4 is 5.97 Å². The molecule has 0 spiro atoms. The Morgan fingerprint density at radius 1 is 1.00 bits per heavy atom. The highest BCUT2D eigenvalue weighted by Gasteiger charge is 2.61. The molecule has 0 aromatic heterocycles. The van der Waals surface area contributed by atoms with Crippen LogP contribution >= 0.6 is 0 Å². The second-order valence-corrected chi connectivity index (χ2v) is 14.1. The van der Waals surface area contributed by atoms with Crippen LogP contribution in [-0.2, 0) is 4.74 Å². The van der Waals surface area contributed by atoms with Gasteiger partial charge >= 0.3 is 5.97 Å². The van der Waals surface area contributed by atoms with Gasteiger partial charge in [0.15, 0.2) is 0 Å². The average Bonchev–Trinajstić information content (AvgIpc) is 3.22. The monoisotopic (exact) mass is 506 g/mol. The van der Waals surface area contributed by atoms with Gasteiger partial charge in [-0.25, -0.2) is 4.79 Å². The predicted octanol–water partition coefficient (Wildman–Crippen LogP) is 8.22. The third-order valence-electron chi connectivity index (χ3n) is 11.6. The van der Waals surface area contributed by atoms with E-state index in [0.717, 1.165) is 37.0 Å². The van der Waals surface area contributed by atoms with Crippen molar-refractivity contribution in [2.45, 2.75) is 111 Å². The molecule has 1 aromatic rings. The zero-order chi connectivity index (χ0) is 26.4. The summed E-state index contributed by atoms with van der Waals surface area (Å²) in [6.45, 7) is 12.2. The maximum Gasteiger partial charge on any atom is 0.338 e. The number of carbonyl (C=O) groups excluding carboxylic acids is 1. The number of fused-ring (bicyclic) bond motifs is 5. The van der Waals surface area contributed by atoms with E-state index < -0.39 is 0 Å². The zero-order valence-corrected chi connectivity index (χ0v) is 23.9.